The van der Waals surface area contributed by atoms with Gasteiger partial charge in [-0.15, -0.1) is 0 Å². The molecule has 2 aromatic carbocycles. The van der Waals surface area contributed by atoms with Crippen LogP contribution in [0.5, 0.6) is 0 Å². The van der Waals surface area contributed by atoms with E-state index in [0.717, 1.165) is 38.9 Å². The van der Waals surface area contributed by atoms with Gasteiger partial charge in [-0.1, -0.05) is 55.1 Å². The Labute approximate surface area is 310 Å². The minimum atomic E-state index is -1.53. The highest BCUT2D eigenvalue weighted by molar-refractivity contribution is 6.58. The molecule has 264 valence electrons. The second-order valence-corrected chi connectivity index (χ2v) is 13.3. The fourth-order valence-corrected chi connectivity index (χ4v) is 6.26. The van der Waals surface area contributed by atoms with Crippen LogP contribution in [0, 0.1) is 0 Å². The van der Waals surface area contributed by atoms with Crippen molar-refractivity contribution in [3.8, 4) is 11.1 Å². The van der Waals surface area contributed by atoms with Crippen molar-refractivity contribution in [3.05, 3.63) is 181 Å². The van der Waals surface area contributed by atoms with E-state index in [9.17, 15) is 24.9 Å². The van der Waals surface area contributed by atoms with Crippen LogP contribution < -0.4 is 34.5 Å². The van der Waals surface area contributed by atoms with Gasteiger partial charge < -0.3 is 25.4 Å². The van der Waals surface area contributed by atoms with Gasteiger partial charge >= 0.3 is 14.2 Å². The topological polar surface area (TPSA) is 126 Å². The molecule has 0 unspecified atom stereocenters. The predicted octanol–water partition coefficient (Wildman–Crippen LogP) is 0.249. The normalized spacial score (nSPS) is 10.9. The Morgan fingerprint density at radius 3 is 1.51 bits per heavy atom. The van der Waals surface area contributed by atoms with Crippen molar-refractivity contribution in [2.24, 2.45) is 0 Å². The van der Waals surface area contributed by atoms with Crippen molar-refractivity contribution in [2.45, 2.75) is 39.6 Å². The molecule has 1 amide bonds. The van der Waals surface area contributed by atoms with E-state index in [1.807, 2.05) is 52.1 Å². The zero-order valence-electron chi connectivity index (χ0n) is 29.7. The first-order valence-corrected chi connectivity index (χ1v) is 17.4. The number of hydrogen-bond acceptors (Lipinski definition) is 5. The first-order valence-electron chi connectivity index (χ1n) is 17.4. The summed E-state index contributed by atoms with van der Waals surface area (Å²) in [5, 5.41) is 41.3. The van der Waals surface area contributed by atoms with E-state index in [1.54, 1.807) is 43.6 Å². The van der Waals surface area contributed by atoms with Crippen LogP contribution in [0.4, 0.5) is 0 Å². The molecule has 0 bridgehead atoms. The van der Waals surface area contributed by atoms with Crippen LogP contribution in [0.25, 0.3) is 11.1 Å². The second kappa shape index (κ2) is 17.2. The van der Waals surface area contributed by atoms with Crippen LogP contribution in [-0.2, 0) is 37.5 Å². The SMILES string of the molecule is C=C(C)C(=O)NCc1cc(-c2ccc[n+](Cc3cccc(C[n+]4cccc(B(O)O)c4)c3)c2)c[n+](Cc2cccc(C[n+]3cccc(B(O)O)c3)c2)c1. The number of nitrogens with zero attached hydrogens (tertiary/aromatic N) is 4. The average Bonchev–Trinajstić information content (AvgIpc) is 3.14. The first-order chi connectivity index (χ1) is 25.6. The van der Waals surface area contributed by atoms with E-state index in [0.29, 0.717) is 49.2 Å². The van der Waals surface area contributed by atoms with Gasteiger partial charge in [0.15, 0.2) is 75.8 Å². The maximum atomic E-state index is 12.4. The monoisotopic (exact) mass is 707 g/mol. The summed E-state index contributed by atoms with van der Waals surface area (Å²) in [6.07, 6.45) is 15.6. The van der Waals surface area contributed by atoms with Crippen molar-refractivity contribution < 1.29 is 43.2 Å². The Morgan fingerprint density at radius 1 is 0.566 bits per heavy atom. The van der Waals surface area contributed by atoms with Gasteiger partial charge in [0.05, 0.1) is 11.1 Å². The van der Waals surface area contributed by atoms with Gasteiger partial charge in [-0.3, -0.25) is 4.79 Å². The number of hydrogen-bond donors (Lipinski definition) is 5. The molecule has 6 rings (SSSR count). The molecule has 4 heterocycles. The molecule has 0 spiro atoms. The number of carbonyl (C=O) groups is 1. The number of nitrogens with one attached hydrogen (secondary N) is 1. The molecule has 12 heteroatoms. The van der Waals surface area contributed by atoms with Gasteiger partial charge in [-0.2, -0.15) is 4.57 Å². The van der Waals surface area contributed by atoms with Crippen LogP contribution in [0.15, 0.2) is 153 Å². The van der Waals surface area contributed by atoms with E-state index >= 15 is 0 Å². The minimum absolute atomic E-state index is 0.193. The number of pyridine rings is 4. The zero-order chi connectivity index (χ0) is 37.3. The third kappa shape index (κ3) is 10.4. The van der Waals surface area contributed by atoms with Crippen LogP contribution in [0.3, 0.4) is 0 Å². The van der Waals surface area contributed by atoms with Crippen LogP contribution in [0.1, 0.15) is 34.7 Å². The zero-order valence-corrected chi connectivity index (χ0v) is 29.7. The molecule has 0 radical (unpaired) electrons. The lowest BCUT2D eigenvalue weighted by atomic mass is 9.82. The molecule has 53 heavy (non-hydrogen) atoms. The molecule has 0 saturated carbocycles. The van der Waals surface area contributed by atoms with Crippen LogP contribution in [-0.4, -0.2) is 40.2 Å². The van der Waals surface area contributed by atoms with Crippen molar-refractivity contribution in [3.63, 3.8) is 0 Å². The molecular weight excluding hydrogens is 664 g/mol. The summed E-state index contributed by atoms with van der Waals surface area (Å²) in [6.45, 7) is 8.23. The minimum Gasteiger partial charge on any atom is -0.423 e. The van der Waals surface area contributed by atoms with E-state index < -0.39 is 14.2 Å². The molecule has 4 aromatic heterocycles. The molecule has 5 N–H and O–H groups in total. The summed E-state index contributed by atoms with van der Waals surface area (Å²) < 4.78 is 8.14. The summed E-state index contributed by atoms with van der Waals surface area (Å²) in [7, 11) is -3.04. The molecule has 0 saturated heterocycles. The van der Waals surface area contributed by atoms with Gasteiger partial charge in [-0.25, -0.2) is 13.7 Å². The van der Waals surface area contributed by atoms with E-state index in [4.69, 9.17) is 0 Å². The third-order valence-corrected chi connectivity index (χ3v) is 8.81. The smallest absolute Gasteiger partial charge is 0.423 e. The quantitative estimate of drug-likeness (QED) is 0.0632. The number of benzene rings is 2. The maximum absolute atomic E-state index is 12.4. The molecule has 0 atom stereocenters. The molecule has 0 aliphatic heterocycles. The van der Waals surface area contributed by atoms with Crippen LogP contribution >= 0.6 is 0 Å². The fraction of sp³-hybridized carbons (Fsp3) is 0.146. The molecule has 0 fully saturated rings. The lowest BCUT2D eigenvalue weighted by Gasteiger charge is -2.08. The van der Waals surface area contributed by atoms with Gasteiger partial charge in [0.2, 0.25) is 5.91 Å². The molecule has 6 aromatic rings. The Balaban J connectivity index is 1.23. The first kappa shape index (κ1) is 37.0. The predicted molar refractivity (Wildman–Crippen MR) is 201 cm³/mol. The van der Waals surface area contributed by atoms with Crippen molar-refractivity contribution >= 4 is 31.1 Å². The molecule has 0 aliphatic carbocycles. The second-order valence-electron chi connectivity index (χ2n) is 13.3. The Bertz CT molecular complexity index is 2250. The average molecular weight is 707 g/mol. The summed E-state index contributed by atoms with van der Waals surface area (Å²) in [6, 6.07) is 29.8. The molecule has 0 aliphatic rings. The van der Waals surface area contributed by atoms with Crippen LogP contribution in [0.2, 0.25) is 0 Å². The van der Waals surface area contributed by atoms with Crippen molar-refractivity contribution in [2.75, 3.05) is 0 Å². The highest BCUT2D eigenvalue weighted by Crippen LogP contribution is 2.18. The third-order valence-electron chi connectivity index (χ3n) is 8.81. The number of aromatic nitrogens is 4. The highest BCUT2D eigenvalue weighted by atomic mass is 16.4. The molecule has 10 nitrogen and oxygen atoms in total. The van der Waals surface area contributed by atoms with Gasteiger partial charge in [0, 0.05) is 69.1 Å². The number of carbonyl (C=O) groups excluding carboxylic acids is 1. The summed E-state index contributed by atoms with van der Waals surface area (Å²) in [5.74, 6) is -0.193. The number of rotatable bonds is 14. The maximum Gasteiger partial charge on any atom is 0.494 e. The van der Waals surface area contributed by atoms with Crippen molar-refractivity contribution in [1.82, 2.24) is 5.32 Å². The highest BCUT2D eigenvalue weighted by Gasteiger charge is 2.18. The van der Waals surface area contributed by atoms with Gasteiger partial charge in [0.1, 0.15) is 0 Å². The van der Waals surface area contributed by atoms with E-state index in [1.165, 1.54) is 0 Å². The Hall–Kier alpha value is -5.78. The largest absolute Gasteiger partial charge is 0.494 e. The summed E-state index contributed by atoms with van der Waals surface area (Å²) in [4.78, 5) is 12.4. The van der Waals surface area contributed by atoms with Crippen molar-refractivity contribution in [1.29, 1.82) is 0 Å². The van der Waals surface area contributed by atoms with E-state index in [2.05, 4.69) is 82.0 Å². The standard InChI is InChI=1S/C41H42B2N5O5/c1-31(2)41(49)44-21-36-20-38(28-48(26-36)25-35-11-4-10-34(19-35)24-47-17-7-14-40(30-47)43(52)53)37-12-5-15-45(27-37)22-32-8-3-9-33(18-32)23-46-16-6-13-39(29-46)42(50)51/h3-20,26-30,50-53H,1,21-25H2,2H3/q+3/p+1. The molecular formula is C41H43B2N5O5+4. The Kier molecular flexibility index (Phi) is 12.0. The van der Waals surface area contributed by atoms with Gasteiger partial charge in [0.25, 0.3) is 0 Å². The fourth-order valence-electron chi connectivity index (χ4n) is 6.26. The lowest BCUT2D eigenvalue weighted by Crippen LogP contribution is -2.42. The van der Waals surface area contributed by atoms with E-state index in [-0.39, 0.29) is 5.91 Å². The summed E-state index contributed by atoms with van der Waals surface area (Å²) >= 11 is 0. The van der Waals surface area contributed by atoms with Gasteiger partial charge in [-0.05, 0) is 31.2 Å². The Morgan fingerprint density at radius 2 is 1.02 bits per heavy atom. The lowest BCUT2D eigenvalue weighted by molar-refractivity contribution is -0.690. The summed E-state index contributed by atoms with van der Waals surface area (Å²) in [5.41, 5.74) is 8.70. The number of amides is 1.